The van der Waals surface area contributed by atoms with Crippen molar-refractivity contribution >= 4 is 12.1 Å². The van der Waals surface area contributed by atoms with Crippen molar-refractivity contribution < 1.29 is 23.7 Å². The van der Waals surface area contributed by atoms with Gasteiger partial charge in [0.05, 0.1) is 27.5 Å². The minimum atomic E-state index is -0.725. The predicted molar refractivity (Wildman–Crippen MR) is 98.4 cm³/mol. The van der Waals surface area contributed by atoms with E-state index in [1.165, 1.54) is 6.21 Å². The summed E-state index contributed by atoms with van der Waals surface area (Å²) in [6.07, 6.45) is 0.770. The summed E-state index contributed by atoms with van der Waals surface area (Å²) in [4.78, 5) is 12.1. The van der Waals surface area contributed by atoms with E-state index in [9.17, 15) is 4.79 Å². The van der Waals surface area contributed by atoms with Gasteiger partial charge in [0, 0.05) is 17.7 Å². The lowest BCUT2D eigenvalue weighted by atomic mass is 10.2. The number of rotatable bonds is 8. The molecular weight excluding hydrogens is 336 g/mol. The first-order valence-corrected chi connectivity index (χ1v) is 7.93. The van der Waals surface area contributed by atoms with Crippen LogP contribution in [0.5, 0.6) is 23.0 Å². The maximum Gasteiger partial charge on any atom is 0.280 e. The Balaban J connectivity index is 1.95. The van der Waals surface area contributed by atoms with Gasteiger partial charge in [-0.05, 0) is 31.2 Å². The number of benzene rings is 2. The molecule has 0 aromatic heterocycles. The fourth-order valence-electron chi connectivity index (χ4n) is 2.11. The van der Waals surface area contributed by atoms with E-state index in [-0.39, 0.29) is 5.91 Å². The Morgan fingerprint density at radius 2 is 1.69 bits per heavy atom. The highest BCUT2D eigenvalue weighted by molar-refractivity contribution is 5.86. The zero-order chi connectivity index (χ0) is 18.9. The van der Waals surface area contributed by atoms with Crippen LogP contribution in [0.1, 0.15) is 12.5 Å². The van der Waals surface area contributed by atoms with E-state index in [1.54, 1.807) is 70.7 Å². The number of ether oxygens (including phenoxy) is 4. The van der Waals surface area contributed by atoms with Crippen molar-refractivity contribution in [3.63, 3.8) is 0 Å². The number of amides is 1. The number of hydrogen-bond donors (Lipinski definition) is 1. The van der Waals surface area contributed by atoms with E-state index in [1.807, 2.05) is 0 Å². The van der Waals surface area contributed by atoms with Crippen LogP contribution in [0.25, 0.3) is 0 Å². The van der Waals surface area contributed by atoms with Crippen molar-refractivity contribution in [3.05, 3.63) is 48.0 Å². The van der Waals surface area contributed by atoms with Crippen molar-refractivity contribution in [1.82, 2.24) is 5.43 Å². The molecule has 0 aliphatic rings. The summed E-state index contributed by atoms with van der Waals surface area (Å²) in [5.41, 5.74) is 3.15. The maximum atomic E-state index is 12.1. The average molecular weight is 358 g/mol. The summed E-state index contributed by atoms with van der Waals surface area (Å²) in [6.45, 7) is 1.64. The zero-order valence-corrected chi connectivity index (χ0v) is 15.2. The Bertz CT molecular complexity index is 776. The molecule has 1 amide bonds. The van der Waals surface area contributed by atoms with Crippen LogP contribution in [-0.4, -0.2) is 39.6 Å². The van der Waals surface area contributed by atoms with Gasteiger partial charge in [0.15, 0.2) is 6.10 Å². The first-order valence-electron chi connectivity index (χ1n) is 7.93. The van der Waals surface area contributed by atoms with Gasteiger partial charge in [-0.3, -0.25) is 4.79 Å². The minimum Gasteiger partial charge on any atom is -0.497 e. The van der Waals surface area contributed by atoms with Crippen molar-refractivity contribution in [2.75, 3.05) is 21.3 Å². The van der Waals surface area contributed by atoms with Gasteiger partial charge in [-0.1, -0.05) is 6.07 Å². The molecule has 0 fully saturated rings. The normalized spacial score (nSPS) is 11.7. The van der Waals surface area contributed by atoms with Gasteiger partial charge in [0.1, 0.15) is 23.0 Å². The van der Waals surface area contributed by atoms with Crippen molar-refractivity contribution in [1.29, 1.82) is 0 Å². The average Bonchev–Trinajstić information content (AvgIpc) is 2.68. The third-order valence-corrected chi connectivity index (χ3v) is 3.54. The number of hydrazone groups is 1. The zero-order valence-electron chi connectivity index (χ0n) is 15.2. The number of nitrogens with zero attached hydrogens (tertiary/aromatic N) is 1. The molecule has 0 heterocycles. The summed E-state index contributed by atoms with van der Waals surface area (Å²) in [7, 11) is 4.69. The molecule has 0 aliphatic carbocycles. The molecule has 2 aromatic carbocycles. The third kappa shape index (κ3) is 5.14. The monoisotopic (exact) mass is 358 g/mol. The van der Waals surface area contributed by atoms with Crippen LogP contribution in [0.15, 0.2) is 47.6 Å². The molecule has 0 aliphatic heterocycles. The third-order valence-electron chi connectivity index (χ3n) is 3.54. The lowest BCUT2D eigenvalue weighted by Crippen LogP contribution is -2.33. The van der Waals surface area contributed by atoms with E-state index in [0.29, 0.717) is 28.6 Å². The Morgan fingerprint density at radius 3 is 2.38 bits per heavy atom. The lowest BCUT2D eigenvalue weighted by Gasteiger charge is -2.13. The second-order valence-corrected chi connectivity index (χ2v) is 5.28. The number of methoxy groups -OCH3 is 3. The summed E-state index contributed by atoms with van der Waals surface area (Å²) in [5, 5.41) is 3.95. The molecule has 1 unspecified atom stereocenters. The number of carbonyl (C=O) groups is 1. The van der Waals surface area contributed by atoms with Crippen LogP contribution in [0.4, 0.5) is 0 Å². The van der Waals surface area contributed by atoms with Crippen LogP contribution in [0, 0.1) is 0 Å². The van der Waals surface area contributed by atoms with Gasteiger partial charge in [-0.2, -0.15) is 5.10 Å². The van der Waals surface area contributed by atoms with Gasteiger partial charge in [-0.25, -0.2) is 5.43 Å². The summed E-state index contributed by atoms with van der Waals surface area (Å²) >= 11 is 0. The topological polar surface area (TPSA) is 78.4 Å². The number of hydrogen-bond acceptors (Lipinski definition) is 6. The quantitative estimate of drug-likeness (QED) is 0.580. The molecule has 0 saturated heterocycles. The van der Waals surface area contributed by atoms with Crippen molar-refractivity contribution in [2.24, 2.45) is 5.10 Å². The fraction of sp³-hybridized carbons (Fsp3) is 0.263. The molecule has 7 nitrogen and oxygen atoms in total. The van der Waals surface area contributed by atoms with E-state index in [2.05, 4.69) is 10.5 Å². The van der Waals surface area contributed by atoms with E-state index in [0.717, 1.165) is 0 Å². The Hall–Kier alpha value is -3.22. The predicted octanol–water partition coefficient (Wildman–Crippen LogP) is 2.63. The molecule has 2 aromatic rings. The molecule has 1 atom stereocenters. The summed E-state index contributed by atoms with van der Waals surface area (Å²) < 4.78 is 21.1. The fourth-order valence-corrected chi connectivity index (χ4v) is 2.11. The SMILES string of the molecule is COc1cccc(OC(C)C(=O)N/N=C/c2ccc(OC)cc2OC)c1. The first kappa shape index (κ1) is 19.1. The molecule has 2 rings (SSSR count). The van der Waals surface area contributed by atoms with Gasteiger partial charge in [-0.15, -0.1) is 0 Å². The minimum absolute atomic E-state index is 0.378. The standard InChI is InChI=1S/C19H22N2O5/c1-13(26-17-7-5-6-15(10-17)23-2)19(22)21-20-12-14-8-9-16(24-3)11-18(14)25-4/h5-13H,1-4H3,(H,21,22)/b20-12+. The second-order valence-electron chi connectivity index (χ2n) is 5.28. The highest BCUT2D eigenvalue weighted by atomic mass is 16.5. The Kier molecular flexibility index (Phi) is 6.84. The molecule has 0 radical (unpaired) electrons. The van der Waals surface area contributed by atoms with Crippen LogP contribution in [-0.2, 0) is 4.79 Å². The highest BCUT2D eigenvalue weighted by Gasteiger charge is 2.14. The molecule has 26 heavy (non-hydrogen) atoms. The van der Waals surface area contributed by atoms with Gasteiger partial charge in [0.25, 0.3) is 5.91 Å². The highest BCUT2D eigenvalue weighted by Crippen LogP contribution is 2.23. The number of carbonyl (C=O) groups excluding carboxylic acids is 1. The van der Waals surface area contributed by atoms with E-state index in [4.69, 9.17) is 18.9 Å². The largest absolute Gasteiger partial charge is 0.497 e. The van der Waals surface area contributed by atoms with E-state index < -0.39 is 6.10 Å². The molecule has 0 bridgehead atoms. The van der Waals surface area contributed by atoms with Crippen molar-refractivity contribution in [2.45, 2.75) is 13.0 Å². The first-order chi connectivity index (χ1) is 12.6. The molecule has 1 N–H and O–H groups in total. The molecule has 0 spiro atoms. The summed E-state index contributed by atoms with van der Waals surface area (Å²) in [6, 6.07) is 12.3. The van der Waals surface area contributed by atoms with Crippen LogP contribution >= 0.6 is 0 Å². The molecular formula is C19H22N2O5. The lowest BCUT2D eigenvalue weighted by molar-refractivity contribution is -0.127. The molecule has 7 heteroatoms. The Morgan fingerprint density at radius 1 is 1.00 bits per heavy atom. The molecule has 0 saturated carbocycles. The van der Waals surface area contributed by atoms with Crippen LogP contribution in [0.3, 0.4) is 0 Å². The number of nitrogens with one attached hydrogen (secondary N) is 1. The van der Waals surface area contributed by atoms with E-state index >= 15 is 0 Å². The second kappa shape index (κ2) is 9.31. The van der Waals surface area contributed by atoms with Crippen LogP contribution < -0.4 is 24.4 Å². The maximum absolute atomic E-state index is 12.1. The molecule has 138 valence electrons. The van der Waals surface area contributed by atoms with Gasteiger partial charge < -0.3 is 18.9 Å². The Labute approximate surface area is 152 Å². The summed E-state index contributed by atoms with van der Waals surface area (Å²) in [5.74, 6) is 2.07. The van der Waals surface area contributed by atoms with Crippen molar-refractivity contribution in [3.8, 4) is 23.0 Å². The van der Waals surface area contributed by atoms with Gasteiger partial charge in [0.2, 0.25) is 0 Å². The smallest absolute Gasteiger partial charge is 0.280 e. The van der Waals surface area contributed by atoms with Gasteiger partial charge >= 0.3 is 0 Å². The van der Waals surface area contributed by atoms with Crippen LogP contribution in [0.2, 0.25) is 0 Å².